The minimum Gasteiger partial charge on any atom is -0.507 e. The van der Waals surface area contributed by atoms with Crippen molar-refractivity contribution in [2.24, 2.45) is 0 Å². The normalized spacial score (nSPS) is 18.3. The number of amides is 1. The van der Waals surface area contributed by atoms with Gasteiger partial charge >= 0.3 is 0 Å². The van der Waals surface area contributed by atoms with Gasteiger partial charge in [0.25, 0.3) is 11.7 Å². The van der Waals surface area contributed by atoms with Crippen molar-refractivity contribution in [3.63, 3.8) is 0 Å². The van der Waals surface area contributed by atoms with Crippen LogP contribution in [0.2, 0.25) is 0 Å². The van der Waals surface area contributed by atoms with Gasteiger partial charge in [0.2, 0.25) is 0 Å². The third-order valence-corrected chi connectivity index (χ3v) is 5.36. The minimum absolute atomic E-state index is 0.113. The van der Waals surface area contributed by atoms with Crippen LogP contribution in [0.3, 0.4) is 0 Å². The second-order valence-corrected chi connectivity index (χ2v) is 7.24. The number of rotatable bonds is 6. The molecule has 1 atom stereocenters. The second-order valence-electron chi connectivity index (χ2n) is 7.24. The number of hydrogen-bond donors (Lipinski definition) is 2. The average molecular weight is 404 g/mol. The highest BCUT2D eigenvalue weighted by atomic mass is 16.5. The Hall–Kier alpha value is -3.54. The fourth-order valence-electron chi connectivity index (χ4n) is 4.02. The maximum Gasteiger partial charge on any atom is 0.295 e. The van der Waals surface area contributed by atoms with Crippen molar-refractivity contribution in [1.82, 2.24) is 9.88 Å². The summed E-state index contributed by atoms with van der Waals surface area (Å²) in [5, 5.41) is 12.0. The number of aromatic nitrogens is 1. The lowest BCUT2D eigenvalue weighted by Gasteiger charge is -2.25. The van der Waals surface area contributed by atoms with Gasteiger partial charge in [0, 0.05) is 29.2 Å². The Morgan fingerprint density at radius 3 is 2.53 bits per heavy atom. The summed E-state index contributed by atoms with van der Waals surface area (Å²) in [6, 6.07) is 14.2. The smallest absolute Gasteiger partial charge is 0.295 e. The molecule has 1 saturated heterocycles. The topological polar surface area (TPSA) is 82.6 Å². The van der Waals surface area contributed by atoms with E-state index in [1.807, 2.05) is 62.4 Å². The fourth-order valence-corrected chi connectivity index (χ4v) is 4.02. The highest BCUT2D eigenvalue weighted by Gasteiger charge is 2.45. The molecule has 1 amide bonds. The first-order chi connectivity index (χ1) is 14.6. The van der Waals surface area contributed by atoms with Crippen LogP contribution in [-0.2, 0) is 9.59 Å². The average Bonchev–Trinajstić information content (AvgIpc) is 3.29. The van der Waals surface area contributed by atoms with Crippen molar-refractivity contribution in [2.45, 2.75) is 26.3 Å². The molecule has 1 aliphatic heterocycles. The molecule has 0 spiro atoms. The molecule has 2 N–H and O–H groups in total. The molecule has 0 bridgehead atoms. The molecule has 1 unspecified atom stereocenters. The number of H-pyrrole nitrogens is 1. The van der Waals surface area contributed by atoms with Crippen molar-refractivity contribution in [3.8, 4) is 5.75 Å². The van der Waals surface area contributed by atoms with Crippen LogP contribution in [0.5, 0.6) is 5.75 Å². The zero-order valence-corrected chi connectivity index (χ0v) is 17.0. The number of Topliss-reactive ketones (excluding diaryl/α,β-unsaturated/α-hetero) is 1. The standard InChI is InChI=1S/C24H24N2O4/c1-3-13-26-21(15-9-11-16(12-10-15)30-4-2)20(23(28)24(26)29)22(27)18-14-25-19-8-6-5-7-17(18)19/h5-12,14,21,25,27H,3-4,13H2,1-2H3/b22-20-. The Bertz CT molecular complexity index is 1130. The van der Waals surface area contributed by atoms with Gasteiger partial charge in [-0.05, 0) is 37.1 Å². The van der Waals surface area contributed by atoms with Gasteiger partial charge in [0.1, 0.15) is 11.5 Å². The van der Waals surface area contributed by atoms with Gasteiger partial charge in [-0.3, -0.25) is 9.59 Å². The number of carbonyl (C=O) groups is 2. The first kappa shape index (κ1) is 19.8. The van der Waals surface area contributed by atoms with Crippen LogP contribution in [0.25, 0.3) is 16.7 Å². The Morgan fingerprint density at radius 1 is 1.10 bits per heavy atom. The fraction of sp³-hybridized carbons (Fsp3) is 0.250. The van der Waals surface area contributed by atoms with Gasteiger partial charge in [-0.25, -0.2) is 0 Å². The van der Waals surface area contributed by atoms with E-state index in [-0.39, 0.29) is 11.3 Å². The molecule has 0 radical (unpaired) electrons. The van der Waals surface area contributed by atoms with Gasteiger partial charge in [-0.1, -0.05) is 37.3 Å². The lowest BCUT2D eigenvalue weighted by Crippen LogP contribution is -2.30. The molecule has 0 saturated carbocycles. The van der Waals surface area contributed by atoms with E-state index in [4.69, 9.17) is 4.74 Å². The van der Waals surface area contributed by atoms with Gasteiger partial charge in [-0.2, -0.15) is 0 Å². The van der Waals surface area contributed by atoms with Gasteiger partial charge in [0.15, 0.2) is 0 Å². The molecule has 0 aliphatic carbocycles. The maximum atomic E-state index is 13.0. The number of benzene rings is 2. The molecule has 6 nitrogen and oxygen atoms in total. The number of ketones is 1. The summed E-state index contributed by atoms with van der Waals surface area (Å²) in [6.45, 7) is 4.83. The molecular weight excluding hydrogens is 380 g/mol. The molecule has 1 fully saturated rings. The van der Waals surface area contributed by atoms with Crippen molar-refractivity contribution < 1.29 is 19.4 Å². The Morgan fingerprint density at radius 2 is 1.83 bits per heavy atom. The lowest BCUT2D eigenvalue weighted by molar-refractivity contribution is -0.139. The Balaban J connectivity index is 1.87. The lowest BCUT2D eigenvalue weighted by atomic mass is 9.95. The quantitative estimate of drug-likeness (QED) is 0.362. The number of nitrogens with zero attached hydrogens (tertiary/aromatic N) is 1. The predicted octanol–water partition coefficient (Wildman–Crippen LogP) is 4.40. The van der Waals surface area contributed by atoms with Crippen LogP contribution in [0.1, 0.15) is 37.4 Å². The van der Waals surface area contributed by atoms with Gasteiger partial charge in [0.05, 0.1) is 18.2 Å². The molecule has 6 heteroatoms. The molecule has 1 aliphatic rings. The summed E-state index contributed by atoms with van der Waals surface area (Å²) in [5.74, 6) is -0.698. The van der Waals surface area contributed by atoms with Crippen molar-refractivity contribution in [2.75, 3.05) is 13.2 Å². The first-order valence-corrected chi connectivity index (χ1v) is 10.1. The number of aliphatic hydroxyl groups is 1. The van der Waals surface area contributed by atoms with E-state index in [0.29, 0.717) is 30.9 Å². The number of likely N-dealkylation sites (tertiary alicyclic amines) is 1. The van der Waals surface area contributed by atoms with Crippen molar-refractivity contribution in [1.29, 1.82) is 0 Å². The van der Waals surface area contributed by atoms with Crippen LogP contribution in [0.4, 0.5) is 0 Å². The van der Waals surface area contributed by atoms with E-state index in [1.54, 1.807) is 11.1 Å². The van der Waals surface area contributed by atoms with Crippen LogP contribution >= 0.6 is 0 Å². The Labute approximate surface area is 174 Å². The third-order valence-electron chi connectivity index (χ3n) is 5.36. The van der Waals surface area contributed by atoms with E-state index >= 15 is 0 Å². The number of aromatic amines is 1. The first-order valence-electron chi connectivity index (χ1n) is 10.1. The highest BCUT2D eigenvalue weighted by molar-refractivity contribution is 6.46. The van der Waals surface area contributed by atoms with Crippen LogP contribution in [-0.4, -0.2) is 39.8 Å². The number of fused-ring (bicyclic) bond motifs is 1. The van der Waals surface area contributed by atoms with E-state index in [2.05, 4.69) is 4.98 Å². The zero-order valence-electron chi connectivity index (χ0n) is 17.0. The highest BCUT2D eigenvalue weighted by Crippen LogP contribution is 2.40. The number of carbonyl (C=O) groups excluding carboxylic acids is 2. The molecule has 30 heavy (non-hydrogen) atoms. The van der Waals surface area contributed by atoms with Crippen LogP contribution in [0, 0.1) is 0 Å². The molecule has 1 aromatic heterocycles. The van der Waals surface area contributed by atoms with Gasteiger partial charge in [-0.15, -0.1) is 0 Å². The monoisotopic (exact) mass is 404 g/mol. The SMILES string of the molecule is CCCN1C(=O)C(=O)/C(=C(\O)c2c[nH]c3ccccc23)C1c1ccc(OCC)cc1. The molecule has 2 heterocycles. The second kappa shape index (κ2) is 8.06. The van der Waals surface area contributed by atoms with Crippen LogP contribution in [0.15, 0.2) is 60.3 Å². The molecule has 4 rings (SSSR count). The van der Waals surface area contributed by atoms with E-state index < -0.39 is 17.7 Å². The van der Waals surface area contributed by atoms with Crippen molar-refractivity contribution >= 4 is 28.4 Å². The Kier molecular flexibility index (Phi) is 5.31. The summed E-state index contributed by atoms with van der Waals surface area (Å²) in [6.07, 6.45) is 2.37. The summed E-state index contributed by atoms with van der Waals surface area (Å²) >= 11 is 0. The number of aliphatic hydroxyl groups excluding tert-OH is 1. The molecule has 3 aromatic rings. The van der Waals surface area contributed by atoms with E-state index in [0.717, 1.165) is 16.5 Å². The summed E-state index contributed by atoms with van der Waals surface area (Å²) in [7, 11) is 0. The van der Waals surface area contributed by atoms with Crippen LogP contribution < -0.4 is 4.74 Å². The number of hydrogen-bond acceptors (Lipinski definition) is 4. The third kappa shape index (κ3) is 3.24. The number of para-hydroxylation sites is 1. The number of nitrogens with one attached hydrogen (secondary N) is 1. The zero-order chi connectivity index (χ0) is 21.3. The van der Waals surface area contributed by atoms with E-state index in [1.165, 1.54) is 0 Å². The summed E-state index contributed by atoms with van der Waals surface area (Å²) in [5.41, 5.74) is 2.23. The molecular formula is C24H24N2O4. The maximum absolute atomic E-state index is 13.0. The van der Waals surface area contributed by atoms with E-state index in [9.17, 15) is 14.7 Å². The summed E-state index contributed by atoms with van der Waals surface area (Å²) in [4.78, 5) is 30.4. The van der Waals surface area contributed by atoms with Gasteiger partial charge < -0.3 is 19.7 Å². The van der Waals surface area contributed by atoms with Crippen molar-refractivity contribution in [3.05, 3.63) is 71.4 Å². The molecule has 154 valence electrons. The summed E-state index contributed by atoms with van der Waals surface area (Å²) < 4.78 is 5.51. The predicted molar refractivity (Wildman–Crippen MR) is 115 cm³/mol. The largest absolute Gasteiger partial charge is 0.507 e. The molecule has 2 aromatic carbocycles. The minimum atomic E-state index is -0.662. The number of ether oxygens (including phenoxy) is 1.